The smallest absolute Gasteiger partial charge is 0.264 e. The number of ether oxygens (including phenoxy) is 2. The van der Waals surface area contributed by atoms with Crippen LogP contribution >= 0.6 is 0 Å². The highest BCUT2D eigenvalue weighted by molar-refractivity contribution is 7.92. The van der Waals surface area contributed by atoms with E-state index in [4.69, 9.17) is 9.47 Å². The molecule has 0 bridgehead atoms. The number of hydrogen-bond acceptors (Lipinski definition) is 6. The molecular weight excluding hydrogens is 566 g/mol. The number of benzene rings is 3. The van der Waals surface area contributed by atoms with Crippen molar-refractivity contribution in [2.75, 3.05) is 25.1 Å². The largest absolute Gasteiger partial charge is 0.493 e. The molecule has 0 aliphatic heterocycles. The minimum absolute atomic E-state index is 0.0349. The first-order valence-electron chi connectivity index (χ1n) is 14.4. The summed E-state index contributed by atoms with van der Waals surface area (Å²) < 4.78 is 40.1. The van der Waals surface area contributed by atoms with Crippen LogP contribution in [0.25, 0.3) is 0 Å². The third kappa shape index (κ3) is 8.07. The van der Waals surface area contributed by atoms with Crippen LogP contribution < -0.4 is 19.1 Å². The highest BCUT2D eigenvalue weighted by Gasteiger charge is 2.34. The number of nitrogens with zero attached hydrogens (tertiary/aromatic N) is 2. The molecular formula is C33H43N3O6S. The van der Waals surface area contributed by atoms with Gasteiger partial charge >= 0.3 is 0 Å². The van der Waals surface area contributed by atoms with Crippen LogP contribution in [0.5, 0.6) is 11.5 Å². The molecule has 0 aliphatic carbocycles. The number of hydrogen-bond donors (Lipinski definition) is 1. The lowest BCUT2D eigenvalue weighted by molar-refractivity contribution is -0.140. The van der Waals surface area contributed by atoms with E-state index in [1.165, 1.54) is 37.3 Å². The van der Waals surface area contributed by atoms with Gasteiger partial charge in [0.2, 0.25) is 11.8 Å². The van der Waals surface area contributed by atoms with Crippen molar-refractivity contribution in [3.63, 3.8) is 0 Å². The van der Waals surface area contributed by atoms with E-state index < -0.39 is 28.5 Å². The van der Waals surface area contributed by atoms with Gasteiger partial charge in [-0.25, -0.2) is 8.42 Å². The number of aryl methyl sites for hydroxylation is 2. The van der Waals surface area contributed by atoms with E-state index in [0.717, 1.165) is 27.4 Å². The molecule has 0 aliphatic rings. The Labute approximate surface area is 255 Å². The molecule has 3 aromatic rings. The third-order valence-electron chi connectivity index (χ3n) is 7.53. The Morgan fingerprint density at radius 2 is 1.53 bits per heavy atom. The van der Waals surface area contributed by atoms with E-state index in [1.54, 1.807) is 24.3 Å². The van der Waals surface area contributed by atoms with Gasteiger partial charge in [0.05, 0.1) is 24.8 Å². The van der Waals surface area contributed by atoms with Crippen LogP contribution in [0.2, 0.25) is 0 Å². The number of sulfonamides is 1. The van der Waals surface area contributed by atoms with Gasteiger partial charge in [-0.3, -0.25) is 13.9 Å². The van der Waals surface area contributed by atoms with Crippen LogP contribution in [0, 0.1) is 13.8 Å². The number of amides is 2. The lowest BCUT2D eigenvalue weighted by Crippen LogP contribution is -2.53. The fourth-order valence-electron chi connectivity index (χ4n) is 4.68. The third-order valence-corrected chi connectivity index (χ3v) is 9.32. The standard InChI is InChI=1S/C33H43N3O6S/c1-8-25(5)34-33(38)29(9-2)35(21-26-13-11-10-12-24(26)4)32(37)22-36(27-16-19-30(41-6)31(20-27)42-7)43(39,40)28-17-14-23(3)15-18-28/h10-20,25,29H,8-9,21-22H2,1-7H3,(H,34,38)/t25-,29-/m1/s1. The Bertz CT molecular complexity index is 1510. The number of carbonyl (C=O) groups excluding carboxylic acids is 2. The lowest BCUT2D eigenvalue weighted by atomic mass is 10.1. The average molecular weight is 610 g/mol. The van der Waals surface area contributed by atoms with E-state index in [1.807, 2.05) is 58.9 Å². The predicted molar refractivity (Wildman–Crippen MR) is 169 cm³/mol. The number of anilines is 1. The Kier molecular flexibility index (Phi) is 11.6. The maximum atomic E-state index is 14.3. The summed E-state index contributed by atoms with van der Waals surface area (Å²) in [5.41, 5.74) is 2.95. The van der Waals surface area contributed by atoms with E-state index >= 15 is 0 Å². The highest BCUT2D eigenvalue weighted by Crippen LogP contribution is 2.34. The van der Waals surface area contributed by atoms with Gasteiger partial charge in [-0.2, -0.15) is 0 Å². The summed E-state index contributed by atoms with van der Waals surface area (Å²) in [7, 11) is -1.27. The molecule has 1 N–H and O–H groups in total. The van der Waals surface area contributed by atoms with Crippen LogP contribution in [0.1, 0.15) is 50.3 Å². The maximum absolute atomic E-state index is 14.3. The molecule has 0 aromatic heterocycles. The summed E-state index contributed by atoms with van der Waals surface area (Å²) in [6, 6.07) is 17.9. The van der Waals surface area contributed by atoms with E-state index in [-0.39, 0.29) is 29.1 Å². The lowest BCUT2D eigenvalue weighted by Gasteiger charge is -2.34. The van der Waals surface area contributed by atoms with Gasteiger partial charge in [0, 0.05) is 18.7 Å². The summed E-state index contributed by atoms with van der Waals surface area (Å²) in [5, 5.41) is 3.00. The summed E-state index contributed by atoms with van der Waals surface area (Å²) in [4.78, 5) is 29.3. The van der Waals surface area contributed by atoms with Crippen molar-refractivity contribution >= 4 is 27.5 Å². The highest BCUT2D eigenvalue weighted by atomic mass is 32.2. The molecule has 0 fully saturated rings. The molecule has 10 heteroatoms. The number of nitrogens with one attached hydrogen (secondary N) is 1. The van der Waals surface area contributed by atoms with Crippen LogP contribution in [-0.4, -0.2) is 58.0 Å². The molecule has 0 heterocycles. The van der Waals surface area contributed by atoms with Gasteiger partial charge in [-0.1, -0.05) is 55.8 Å². The SMILES string of the molecule is CC[C@@H](C)NC(=O)[C@@H](CC)N(Cc1ccccc1C)C(=O)CN(c1ccc(OC)c(OC)c1)S(=O)(=O)c1ccc(C)cc1. The Morgan fingerprint density at radius 1 is 0.884 bits per heavy atom. The molecule has 0 radical (unpaired) electrons. The molecule has 232 valence electrons. The van der Waals surface area contributed by atoms with Gasteiger partial charge in [0.25, 0.3) is 10.0 Å². The predicted octanol–water partition coefficient (Wildman–Crippen LogP) is 5.24. The Balaban J connectivity index is 2.13. The molecule has 0 unspecified atom stereocenters. The van der Waals surface area contributed by atoms with Crippen molar-refractivity contribution in [2.45, 2.75) is 71.0 Å². The van der Waals surface area contributed by atoms with Crippen LogP contribution in [0.3, 0.4) is 0 Å². The number of carbonyl (C=O) groups is 2. The second-order valence-corrected chi connectivity index (χ2v) is 12.4. The van der Waals surface area contributed by atoms with Crippen molar-refractivity contribution < 1.29 is 27.5 Å². The molecule has 2 amide bonds. The monoisotopic (exact) mass is 609 g/mol. The van der Waals surface area contributed by atoms with Gasteiger partial charge in [0.1, 0.15) is 12.6 Å². The fraction of sp³-hybridized carbons (Fsp3) is 0.394. The topological polar surface area (TPSA) is 105 Å². The van der Waals surface area contributed by atoms with Crippen molar-refractivity contribution in [3.05, 3.63) is 83.4 Å². The summed E-state index contributed by atoms with van der Waals surface area (Å²) in [5.74, 6) is -0.0652. The molecule has 0 saturated heterocycles. The molecule has 2 atom stereocenters. The van der Waals surface area contributed by atoms with E-state index in [0.29, 0.717) is 17.9 Å². The van der Waals surface area contributed by atoms with E-state index in [9.17, 15) is 18.0 Å². The van der Waals surface area contributed by atoms with Gasteiger partial charge in [-0.15, -0.1) is 0 Å². The summed E-state index contributed by atoms with van der Waals surface area (Å²) in [6.07, 6.45) is 1.08. The average Bonchev–Trinajstić information content (AvgIpc) is 3.00. The minimum Gasteiger partial charge on any atom is -0.493 e. The normalized spacial score (nSPS) is 12.6. The summed E-state index contributed by atoms with van der Waals surface area (Å²) in [6.45, 7) is 9.13. The zero-order valence-electron chi connectivity index (χ0n) is 26.1. The molecule has 0 saturated carbocycles. The molecule has 3 aromatic carbocycles. The van der Waals surface area contributed by atoms with Crippen molar-refractivity contribution in [1.82, 2.24) is 10.2 Å². The number of rotatable bonds is 14. The van der Waals surface area contributed by atoms with Gasteiger partial charge in [0.15, 0.2) is 11.5 Å². The van der Waals surface area contributed by atoms with Crippen LogP contribution in [0.15, 0.2) is 71.6 Å². The minimum atomic E-state index is -4.21. The first-order chi connectivity index (χ1) is 20.5. The maximum Gasteiger partial charge on any atom is 0.264 e. The zero-order valence-corrected chi connectivity index (χ0v) is 26.9. The van der Waals surface area contributed by atoms with Crippen molar-refractivity contribution in [3.8, 4) is 11.5 Å². The Hall–Kier alpha value is -4.05. The fourth-order valence-corrected chi connectivity index (χ4v) is 6.08. The molecule has 3 rings (SSSR count). The molecule has 43 heavy (non-hydrogen) atoms. The van der Waals surface area contributed by atoms with Crippen LogP contribution in [-0.2, 0) is 26.2 Å². The van der Waals surface area contributed by atoms with Crippen molar-refractivity contribution in [1.29, 1.82) is 0 Å². The second-order valence-electron chi connectivity index (χ2n) is 10.6. The first-order valence-corrected chi connectivity index (χ1v) is 15.9. The number of methoxy groups -OCH3 is 2. The van der Waals surface area contributed by atoms with Gasteiger partial charge < -0.3 is 19.7 Å². The second kappa shape index (κ2) is 14.9. The first kappa shape index (κ1) is 33.5. The van der Waals surface area contributed by atoms with Crippen LogP contribution in [0.4, 0.5) is 5.69 Å². The Morgan fingerprint density at radius 3 is 2.12 bits per heavy atom. The van der Waals surface area contributed by atoms with Crippen molar-refractivity contribution in [2.24, 2.45) is 0 Å². The quantitative estimate of drug-likeness (QED) is 0.268. The summed E-state index contributed by atoms with van der Waals surface area (Å²) >= 11 is 0. The van der Waals surface area contributed by atoms with Gasteiger partial charge in [-0.05, 0) is 69.0 Å². The molecule has 0 spiro atoms. The van der Waals surface area contributed by atoms with E-state index in [2.05, 4.69) is 5.32 Å². The zero-order chi connectivity index (χ0) is 31.7. The molecule has 9 nitrogen and oxygen atoms in total.